The molecular formula is C22H23NO3. The van der Waals surface area contributed by atoms with E-state index in [0.717, 1.165) is 29.0 Å². The van der Waals surface area contributed by atoms with Crippen molar-refractivity contribution in [3.63, 3.8) is 0 Å². The van der Waals surface area contributed by atoms with Gasteiger partial charge in [-0.2, -0.15) is 0 Å². The maximum atomic E-state index is 12.9. The van der Waals surface area contributed by atoms with Gasteiger partial charge in [-0.1, -0.05) is 29.8 Å². The largest absolute Gasteiger partial charge is 0.478 e. The zero-order valence-corrected chi connectivity index (χ0v) is 15.6. The van der Waals surface area contributed by atoms with E-state index in [0.29, 0.717) is 29.8 Å². The van der Waals surface area contributed by atoms with Gasteiger partial charge >= 0.3 is 0 Å². The molecule has 0 fully saturated rings. The number of rotatable bonds is 2. The van der Waals surface area contributed by atoms with Crippen molar-refractivity contribution in [3.8, 4) is 11.5 Å². The molecule has 2 aliphatic rings. The van der Waals surface area contributed by atoms with Gasteiger partial charge in [0.2, 0.25) is 5.78 Å². The summed E-state index contributed by atoms with van der Waals surface area (Å²) in [4.78, 5) is 15.2. The van der Waals surface area contributed by atoms with Crippen LogP contribution in [-0.4, -0.2) is 23.5 Å². The number of hydrogen-bond acceptors (Lipinski definition) is 4. The summed E-state index contributed by atoms with van der Waals surface area (Å²) in [6.45, 7) is 9.53. The van der Waals surface area contributed by atoms with Gasteiger partial charge in [-0.3, -0.25) is 9.69 Å². The fourth-order valence-electron chi connectivity index (χ4n) is 3.39. The van der Waals surface area contributed by atoms with E-state index in [9.17, 15) is 4.79 Å². The van der Waals surface area contributed by atoms with E-state index in [4.69, 9.17) is 9.47 Å². The zero-order valence-electron chi connectivity index (χ0n) is 15.6. The number of ketones is 1. The Morgan fingerprint density at radius 2 is 1.88 bits per heavy atom. The molecule has 4 rings (SSSR count). The summed E-state index contributed by atoms with van der Waals surface area (Å²) >= 11 is 0. The first-order valence-corrected chi connectivity index (χ1v) is 8.98. The van der Waals surface area contributed by atoms with Crippen LogP contribution in [0.3, 0.4) is 0 Å². The van der Waals surface area contributed by atoms with Crippen LogP contribution < -0.4 is 9.47 Å². The van der Waals surface area contributed by atoms with Crippen LogP contribution >= 0.6 is 0 Å². The Balaban J connectivity index is 1.75. The molecule has 0 saturated heterocycles. The fraction of sp³-hybridized carbons (Fsp3) is 0.318. The minimum atomic E-state index is -0.0532. The normalized spacial score (nSPS) is 17.9. The van der Waals surface area contributed by atoms with Crippen molar-refractivity contribution >= 4 is 11.9 Å². The number of carbonyl (C=O) groups excluding carboxylic acids is 1. The molecule has 2 aliphatic heterocycles. The number of benzene rings is 2. The van der Waals surface area contributed by atoms with Crippen LogP contribution in [0.2, 0.25) is 0 Å². The van der Waals surface area contributed by atoms with Crippen LogP contribution in [0.1, 0.15) is 46.5 Å². The SMILES string of the molecule is Cc1ccc(/C=C2\Oc3c4c(cc(C)c3C2=O)OCN(C(C)C)C4)cc1. The Kier molecular flexibility index (Phi) is 4.08. The number of Topliss-reactive ketones (excluding diaryl/α,β-unsaturated/α-hetero) is 1. The first kappa shape index (κ1) is 16.9. The second-order valence-corrected chi connectivity index (χ2v) is 7.34. The van der Waals surface area contributed by atoms with Gasteiger partial charge in [-0.15, -0.1) is 0 Å². The van der Waals surface area contributed by atoms with E-state index in [2.05, 4.69) is 18.7 Å². The van der Waals surface area contributed by atoms with Gasteiger partial charge in [0.05, 0.1) is 11.1 Å². The average molecular weight is 349 g/mol. The molecule has 0 saturated carbocycles. The van der Waals surface area contributed by atoms with E-state index >= 15 is 0 Å². The maximum absolute atomic E-state index is 12.9. The molecule has 0 bridgehead atoms. The molecule has 0 radical (unpaired) electrons. The highest BCUT2D eigenvalue weighted by Gasteiger charge is 2.35. The standard InChI is InChI=1S/C22H23NO3/c1-13(2)23-11-17-18(25-12-23)9-15(4)20-21(24)19(26-22(17)20)10-16-7-5-14(3)6-8-16/h5-10,13H,11-12H2,1-4H3/b19-10-. The third kappa shape index (κ3) is 2.80. The third-order valence-corrected chi connectivity index (χ3v) is 5.06. The topological polar surface area (TPSA) is 38.8 Å². The molecule has 26 heavy (non-hydrogen) atoms. The lowest BCUT2D eigenvalue weighted by Crippen LogP contribution is -2.37. The van der Waals surface area contributed by atoms with Crippen molar-refractivity contribution in [1.29, 1.82) is 0 Å². The lowest BCUT2D eigenvalue weighted by atomic mass is 9.98. The Labute approximate surface area is 154 Å². The van der Waals surface area contributed by atoms with Gasteiger partial charge in [-0.25, -0.2) is 0 Å². The van der Waals surface area contributed by atoms with E-state index in [1.165, 1.54) is 5.56 Å². The summed E-state index contributed by atoms with van der Waals surface area (Å²) in [6, 6.07) is 10.4. The van der Waals surface area contributed by atoms with Crippen LogP contribution in [-0.2, 0) is 6.54 Å². The van der Waals surface area contributed by atoms with E-state index in [-0.39, 0.29) is 5.78 Å². The zero-order chi connectivity index (χ0) is 18.4. The lowest BCUT2D eigenvalue weighted by Gasteiger charge is -2.32. The van der Waals surface area contributed by atoms with Crippen molar-refractivity contribution in [1.82, 2.24) is 4.90 Å². The van der Waals surface area contributed by atoms with Gasteiger partial charge in [0.15, 0.2) is 5.76 Å². The third-order valence-electron chi connectivity index (χ3n) is 5.06. The number of allylic oxidation sites excluding steroid dienone is 1. The van der Waals surface area contributed by atoms with Crippen LogP contribution in [0.25, 0.3) is 6.08 Å². The number of carbonyl (C=O) groups is 1. The van der Waals surface area contributed by atoms with Crippen LogP contribution in [0.15, 0.2) is 36.1 Å². The summed E-state index contributed by atoms with van der Waals surface area (Å²) in [7, 11) is 0. The maximum Gasteiger partial charge on any atom is 0.232 e. The summed E-state index contributed by atoms with van der Waals surface area (Å²) in [5.74, 6) is 1.81. The highest BCUT2D eigenvalue weighted by molar-refractivity contribution is 6.15. The monoisotopic (exact) mass is 349 g/mol. The molecule has 134 valence electrons. The Morgan fingerprint density at radius 1 is 1.15 bits per heavy atom. The van der Waals surface area contributed by atoms with Gasteiger partial charge in [0.25, 0.3) is 0 Å². The molecule has 0 amide bonds. The van der Waals surface area contributed by atoms with Crippen molar-refractivity contribution in [2.75, 3.05) is 6.73 Å². The van der Waals surface area contributed by atoms with Crippen molar-refractivity contribution in [2.24, 2.45) is 0 Å². The van der Waals surface area contributed by atoms with Crippen molar-refractivity contribution in [2.45, 2.75) is 40.3 Å². The first-order chi connectivity index (χ1) is 12.4. The van der Waals surface area contributed by atoms with Gasteiger partial charge < -0.3 is 9.47 Å². The van der Waals surface area contributed by atoms with Crippen molar-refractivity contribution < 1.29 is 14.3 Å². The Bertz CT molecular complexity index is 910. The quantitative estimate of drug-likeness (QED) is 0.750. The second kappa shape index (κ2) is 6.29. The van der Waals surface area contributed by atoms with Crippen LogP contribution in [0, 0.1) is 13.8 Å². The van der Waals surface area contributed by atoms with E-state index < -0.39 is 0 Å². The number of nitrogens with zero attached hydrogens (tertiary/aromatic N) is 1. The molecule has 4 nitrogen and oxygen atoms in total. The van der Waals surface area contributed by atoms with Gasteiger partial charge in [0.1, 0.15) is 18.2 Å². The van der Waals surface area contributed by atoms with Gasteiger partial charge in [0, 0.05) is 12.6 Å². The lowest BCUT2D eigenvalue weighted by molar-refractivity contribution is 0.0673. The summed E-state index contributed by atoms with van der Waals surface area (Å²) in [5.41, 5.74) is 4.67. The molecule has 0 N–H and O–H groups in total. The van der Waals surface area contributed by atoms with Crippen LogP contribution in [0.5, 0.6) is 11.5 Å². The molecule has 0 aliphatic carbocycles. The summed E-state index contributed by atoms with van der Waals surface area (Å²) < 4.78 is 12.0. The molecule has 0 atom stereocenters. The first-order valence-electron chi connectivity index (χ1n) is 8.98. The predicted octanol–water partition coefficient (Wildman–Crippen LogP) is 4.48. The molecule has 4 heteroatoms. The average Bonchev–Trinajstić information content (AvgIpc) is 2.94. The molecule has 0 unspecified atom stereocenters. The minimum Gasteiger partial charge on any atom is -0.478 e. The van der Waals surface area contributed by atoms with E-state index in [1.54, 1.807) is 0 Å². The molecule has 2 aromatic rings. The fourth-order valence-corrected chi connectivity index (χ4v) is 3.39. The molecule has 0 spiro atoms. The minimum absolute atomic E-state index is 0.0532. The summed E-state index contributed by atoms with van der Waals surface area (Å²) in [6.07, 6.45) is 1.82. The number of aryl methyl sites for hydroxylation is 2. The molecule has 2 aromatic carbocycles. The van der Waals surface area contributed by atoms with Gasteiger partial charge in [-0.05, 0) is 51.0 Å². The second-order valence-electron chi connectivity index (χ2n) is 7.34. The predicted molar refractivity (Wildman–Crippen MR) is 101 cm³/mol. The summed E-state index contributed by atoms with van der Waals surface area (Å²) in [5, 5.41) is 0. The number of fused-ring (bicyclic) bond motifs is 3. The van der Waals surface area contributed by atoms with Crippen molar-refractivity contribution in [3.05, 3.63) is 63.9 Å². The molecular weight excluding hydrogens is 326 g/mol. The number of hydrogen-bond donors (Lipinski definition) is 0. The Hall–Kier alpha value is -2.59. The highest BCUT2D eigenvalue weighted by atomic mass is 16.5. The molecule has 0 aromatic heterocycles. The molecule has 2 heterocycles. The Morgan fingerprint density at radius 3 is 2.58 bits per heavy atom. The number of ether oxygens (including phenoxy) is 2. The van der Waals surface area contributed by atoms with Crippen LogP contribution in [0.4, 0.5) is 0 Å². The smallest absolute Gasteiger partial charge is 0.232 e. The highest BCUT2D eigenvalue weighted by Crippen LogP contribution is 2.44. The van der Waals surface area contributed by atoms with E-state index in [1.807, 2.05) is 50.3 Å².